The molecule has 0 bridgehead atoms. The number of nitrogens with zero attached hydrogens (tertiary/aromatic N) is 2. The quantitative estimate of drug-likeness (QED) is 0.872. The highest BCUT2D eigenvalue weighted by atomic mass is 16.3. The summed E-state index contributed by atoms with van der Waals surface area (Å²) in [5.41, 5.74) is 4.35. The lowest BCUT2D eigenvalue weighted by Gasteiger charge is -2.41. The molecule has 2 saturated heterocycles. The molecule has 26 heavy (non-hydrogen) atoms. The summed E-state index contributed by atoms with van der Waals surface area (Å²) in [6.07, 6.45) is 9.84. The van der Waals surface area contributed by atoms with Crippen molar-refractivity contribution in [3.63, 3.8) is 0 Å². The van der Waals surface area contributed by atoms with Crippen LogP contribution in [-0.4, -0.2) is 59.2 Å². The Bertz CT molecular complexity index is 854. The minimum absolute atomic E-state index is 0.562. The zero-order chi connectivity index (χ0) is 17.7. The Kier molecular flexibility index (Phi) is 3.96. The van der Waals surface area contributed by atoms with Crippen molar-refractivity contribution in [3.8, 4) is 0 Å². The van der Waals surface area contributed by atoms with Crippen LogP contribution in [0.25, 0.3) is 16.5 Å². The van der Waals surface area contributed by atoms with Gasteiger partial charge in [-0.15, -0.1) is 0 Å². The summed E-state index contributed by atoms with van der Waals surface area (Å²) in [6, 6.07) is 7.11. The number of aromatic amines is 1. The highest BCUT2D eigenvalue weighted by Crippen LogP contribution is 2.41. The van der Waals surface area contributed by atoms with Crippen LogP contribution in [0.5, 0.6) is 0 Å². The van der Waals surface area contributed by atoms with Crippen LogP contribution in [0, 0.1) is 0 Å². The van der Waals surface area contributed by atoms with Crippen LogP contribution >= 0.6 is 0 Å². The molecule has 0 radical (unpaired) electrons. The molecule has 2 aromatic rings. The van der Waals surface area contributed by atoms with Crippen LogP contribution in [0.2, 0.25) is 0 Å². The monoisotopic (exact) mass is 351 g/mol. The van der Waals surface area contributed by atoms with Crippen molar-refractivity contribution in [2.75, 3.05) is 33.2 Å². The first-order valence-corrected chi connectivity index (χ1v) is 10.1. The van der Waals surface area contributed by atoms with Gasteiger partial charge >= 0.3 is 0 Å². The smallest absolute Gasteiger partial charge is 0.0923 e. The third-order valence-electron chi connectivity index (χ3n) is 6.86. The van der Waals surface area contributed by atoms with E-state index >= 15 is 0 Å². The molecule has 3 aliphatic heterocycles. The Morgan fingerprint density at radius 1 is 1.23 bits per heavy atom. The number of nitrogens with one attached hydrogen (secondary N) is 1. The van der Waals surface area contributed by atoms with Gasteiger partial charge in [-0.2, -0.15) is 0 Å². The average molecular weight is 351 g/mol. The third-order valence-corrected chi connectivity index (χ3v) is 6.86. The second-order valence-electron chi connectivity index (χ2n) is 8.52. The van der Waals surface area contributed by atoms with Crippen molar-refractivity contribution in [1.29, 1.82) is 0 Å². The Labute approximate surface area is 155 Å². The zero-order valence-electron chi connectivity index (χ0n) is 15.7. The van der Waals surface area contributed by atoms with Gasteiger partial charge < -0.3 is 19.9 Å². The number of benzene rings is 1. The fourth-order valence-corrected chi connectivity index (χ4v) is 5.19. The highest BCUT2D eigenvalue weighted by molar-refractivity contribution is 5.93. The van der Waals surface area contributed by atoms with E-state index in [1.807, 2.05) is 0 Å². The first-order chi connectivity index (χ1) is 12.6. The molecule has 0 aliphatic carbocycles. The molecule has 4 heteroatoms. The molecule has 4 nitrogen and oxygen atoms in total. The number of piperidine rings is 1. The second kappa shape index (κ2) is 6.22. The van der Waals surface area contributed by atoms with Gasteiger partial charge in [0.15, 0.2) is 0 Å². The largest absolute Gasteiger partial charge is 0.385 e. The van der Waals surface area contributed by atoms with E-state index in [0.29, 0.717) is 6.04 Å². The summed E-state index contributed by atoms with van der Waals surface area (Å²) in [4.78, 5) is 8.35. The van der Waals surface area contributed by atoms with Gasteiger partial charge in [-0.1, -0.05) is 12.1 Å². The standard InChI is InChI=1S/C22H29N3O/c1-24-10-6-16(7-11-24)20-15-23-21-5-4-17(13-19(20)21)22(26)8-12-25-9-2-3-18(25)14-22/h4-6,13,15,18,23,26H,2-3,7-12,14H2,1H3/t18-,22+/m0/s1. The summed E-state index contributed by atoms with van der Waals surface area (Å²) >= 11 is 0. The number of fused-ring (bicyclic) bond motifs is 2. The molecule has 0 unspecified atom stereocenters. The molecule has 1 aromatic heterocycles. The van der Waals surface area contributed by atoms with E-state index in [0.717, 1.165) is 44.5 Å². The van der Waals surface area contributed by atoms with Crippen LogP contribution in [0.4, 0.5) is 0 Å². The van der Waals surface area contributed by atoms with E-state index in [2.05, 4.69) is 52.3 Å². The van der Waals surface area contributed by atoms with E-state index in [1.165, 1.54) is 41.4 Å². The fourth-order valence-electron chi connectivity index (χ4n) is 5.19. The van der Waals surface area contributed by atoms with Crippen molar-refractivity contribution >= 4 is 16.5 Å². The zero-order valence-corrected chi connectivity index (χ0v) is 15.7. The molecule has 0 spiro atoms. The summed E-state index contributed by atoms with van der Waals surface area (Å²) in [7, 11) is 2.17. The maximum Gasteiger partial charge on any atom is 0.0923 e. The Hall–Kier alpha value is -1.62. The first kappa shape index (κ1) is 16.5. The maximum atomic E-state index is 11.5. The van der Waals surface area contributed by atoms with Crippen LogP contribution in [0.15, 0.2) is 30.5 Å². The Morgan fingerprint density at radius 3 is 3.00 bits per heavy atom. The van der Waals surface area contributed by atoms with Gasteiger partial charge in [-0.3, -0.25) is 0 Å². The minimum Gasteiger partial charge on any atom is -0.385 e. The SMILES string of the molecule is CN1CC=C(c2c[nH]c3ccc([C@@]4(O)CCN5CCC[C@H]5C4)cc23)CC1. The first-order valence-electron chi connectivity index (χ1n) is 10.1. The summed E-state index contributed by atoms with van der Waals surface area (Å²) in [6.45, 7) is 4.36. The second-order valence-corrected chi connectivity index (χ2v) is 8.52. The van der Waals surface area contributed by atoms with Gasteiger partial charge in [-0.25, -0.2) is 0 Å². The topological polar surface area (TPSA) is 42.5 Å². The highest BCUT2D eigenvalue weighted by Gasteiger charge is 2.41. The van der Waals surface area contributed by atoms with Gasteiger partial charge in [0, 0.05) is 48.3 Å². The van der Waals surface area contributed by atoms with Crippen LogP contribution in [-0.2, 0) is 5.60 Å². The lowest BCUT2D eigenvalue weighted by Crippen LogP contribution is -2.45. The van der Waals surface area contributed by atoms with Crippen molar-refractivity contribution in [3.05, 3.63) is 41.6 Å². The maximum absolute atomic E-state index is 11.5. The summed E-state index contributed by atoms with van der Waals surface area (Å²) in [5.74, 6) is 0. The number of likely N-dealkylation sites (N-methyl/N-ethyl adjacent to an activating group) is 1. The molecular weight excluding hydrogens is 322 g/mol. The molecule has 2 N–H and O–H groups in total. The molecule has 2 fully saturated rings. The van der Waals surface area contributed by atoms with Crippen LogP contribution in [0.1, 0.15) is 43.2 Å². The van der Waals surface area contributed by atoms with Crippen molar-refractivity contribution in [2.45, 2.75) is 43.7 Å². The van der Waals surface area contributed by atoms with Crippen molar-refractivity contribution in [1.82, 2.24) is 14.8 Å². The number of hydrogen-bond acceptors (Lipinski definition) is 3. The summed E-state index contributed by atoms with van der Waals surface area (Å²) < 4.78 is 0. The minimum atomic E-state index is -0.671. The van der Waals surface area contributed by atoms with E-state index in [-0.39, 0.29) is 0 Å². The fraction of sp³-hybridized carbons (Fsp3) is 0.545. The van der Waals surface area contributed by atoms with Crippen molar-refractivity contribution < 1.29 is 5.11 Å². The van der Waals surface area contributed by atoms with Gasteiger partial charge in [-0.05, 0) is 69.0 Å². The predicted octanol–water partition coefficient (Wildman–Crippen LogP) is 3.33. The summed E-state index contributed by atoms with van der Waals surface area (Å²) in [5, 5.41) is 12.7. The Balaban J connectivity index is 1.50. The lowest BCUT2D eigenvalue weighted by atomic mass is 9.80. The van der Waals surface area contributed by atoms with Gasteiger partial charge in [0.05, 0.1) is 5.60 Å². The van der Waals surface area contributed by atoms with Crippen molar-refractivity contribution in [2.24, 2.45) is 0 Å². The van der Waals surface area contributed by atoms with E-state index < -0.39 is 5.60 Å². The van der Waals surface area contributed by atoms with Gasteiger partial charge in [0.1, 0.15) is 0 Å². The molecule has 1 aromatic carbocycles. The lowest BCUT2D eigenvalue weighted by molar-refractivity contribution is -0.0408. The molecule has 5 rings (SSSR count). The molecule has 2 atom stereocenters. The number of rotatable bonds is 2. The molecule has 0 saturated carbocycles. The number of hydrogen-bond donors (Lipinski definition) is 2. The number of H-pyrrole nitrogens is 1. The van der Waals surface area contributed by atoms with E-state index in [1.54, 1.807) is 0 Å². The van der Waals surface area contributed by atoms with Gasteiger partial charge in [0.25, 0.3) is 0 Å². The molecular formula is C22H29N3O. The van der Waals surface area contributed by atoms with Crippen LogP contribution in [0.3, 0.4) is 0 Å². The Morgan fingerprint density at radius 2 is 2.15 bits per heavy atom. The molecule has 3 aliphatic rings. The molecule has 4 heterocycles. The van der Waals surface area contributed by atoms with Gasteiger partial charge in [0.2, 0.25) is 0 Å². The normalized spacial score (nSPS) is 30.5. The van der Waals surface area contributed by atoms with Crippen LogP contribution < -0.4 is 0 Å². The van der Waals surface area contributed by atoms with E-state index in [9.17, 15) is 5.11 Å². The molecule has 0 amide bonds. The molecule has 138 valence electrons. The van der Waals surface area contributed by atoms with E-state index in [4.69, 9.17) is 0 Å². The average Bonchev–Trinajstić information content (AvgIpc) is 3.28. The number of aromatic nitrogens is 1. The predicted molar refractivity (Wildman–Crippen MR) is 106 cm³/mol. The number of aliphatic hydroxyl groups is 1. The third kappa shape index (κ3) is 2.72.